The molecule has 2 rings (SSSR count). The molecule has 0 atom stereocenters. The summed E-state index contributed by atoms with van der Waals surface area (Å²) in [6.45, 7) is 2.16. The van der Waals surface area contributed by atoms with Gasteiger partial charge >= 0.3 is 5.97 Å². The smallest absolute Gasteiger partial charge is 0.316 e. The Morgan fingerprint density at radius 1 is 1.12 bits per heavy atom. The van der Waals surface area contributed by atoms with Crippen LogP contribution >= 0.6 is 23.4 Å². The first-order chi connectivity index (χ1) is 12.6. The number of ether oxygens (including phenoxy) is 2. The van der Waals surface area contributed by atoms with Gasteiger partial charge < -0.3 is 14.8 Å². The predicted octanol–water partition coefficient (Wildman–Crippen LogP) is 4.15. The maximum atomic E-state index is 11.8. The summed E-state index contributed by atoms with van der Waals surface area (Å²) in [6, 6.07) is 14.4. The SMILES string of the molecule is CCOc1ccc(NC(=O)COC(=O)CSCc2ccccc2Cl)cc1. The minimum absolute atomic E-state index is 0.154. The minimum Gasteiger partial charge on any atom is -0.494 e. The van der Waals surface area contributed by atoms with Gasteiger partial charge in [-0.3, -0.25) is 9.59 Å². The van der Waals surface area contributed by atoms with E-state index < -0.39 is 11.9 Å². The highest BCUT2D eigenvalue weighted by Crippen LogP contribution is 2.20. The van der Waals surface area contributed by atoms with Crippen molar-refractivity contribution in [1.82, 2.24) is 0 Å². The van der Waals surface area contributed by atoms with Gasteiger partial charge in [0.2, 0.25) is 0 Å². The Bertz CT molecular complexity index is 737. The average Bonchev–Trinajstić information content (AvgIpc) is 2.63. The number of nitrogens with one attached hydrogen (secondary N) is 1. The monoisotopic (exact) mass is 393 g/mol. The molecular weight excluding hydrogens is 374 g/mol. The molecule has 1 amide bonds. The van der Waals surface area contributed by atoms with E-state index in [2.05, 4.69) is 5.32 Å². The average molecular weight is 394 g/mol. The highest BCUT2D eigenvalue weighted by atomic mass is 35.5. The Morgan fingerprint density at radius 3 is 2.54 bits per heavy atom. The van der Waals surface area contributed by atoms with Gasteiger partial charge in [-0.15, -0.1) is 11.8 Å². The number of benzene rings is 2. The van der Waals surface area contributed by atoms with E-state index in [0.29, 0.717) is 23.1 Å². The zero-order chi connectivity index (χ0) is 18.8. The van der Waals surface area contributed by atoms with E-state index in [4.69, 9.17) is 21.1 Å². The third-order valence-corrected chi connectivity index (χ3v) is 4.57. The van der Waals surface area contributed by atoms with Gasteiger partial charge in [-0.2, -0.15) is 0 Å². The molecule has 0 spiro atoms. The van der Waals surface area contributed by atoms with Gasteiger partial charge in [0, 0.05) is 16.5 Å². The molecule has 0 aliphatic rings. The maximum Gasteiger partial charge on any atom is 0.316 e. The first-order valence-electron chi connectivity index (χ1n) is 8.08. The van der Waals surface area contributed by atoms with Crippen LogP contribution in [-0.4, -0.2) is 30.8 Å². The molecule has 0 saturated heterocycles. The van der Waals surface area contributed by atoms with Crippen molar-refractivity contribution in [2.24, 2.45) is 0 Å². The van der Waals surface area contributed by atoms with Gasteiger partial charge in [0.05, 0.1) is 12.4 Å². The molecule has 26 heavy (non-hydrogen) atoms. The Balaban J connectivity index is 1.66. The molecular formula is C19H20ClNO4S. The van der Waals surface area contributed by atoms with Gasteiger partial charge in [0.25, 0.3) is 5.91 Å². The van der Waals surface area contributed by atoms with Crippen LogP contribution in [-0.2, 0) is 20.1 Å². The van der Waals surface area contributed by atoms with Crippen molar-refractivity contribution in [3.05, 3.63) is 59.1 Å². The first kappa shape index (κ1) is 20.1. The summed E-state index contributed by atoms with van der Waals surface area (Å²) >= 11 is 7.44. The van der Waals surface area contributed by atoms with Crippen LogP contribution in [0.4, 0.5) is 5.69 Å². The normalized spacial score (nSPS) is 10.2. The van der Waals surface area contributed by atoms with Gasteiger partial charge in [0.15, 0.2) is 6.61 Å². The minimum atomic E-state index is -0.441. The summed E-state index contributed by atoms with van der Waals surface area (Å²) in [4.78, 5) is 23.5. The van der Waals surface area contributed by atoms with E-state index >= 15 is 0 Å². The fourth-order valence-corrected chi connectivity index (χ4v) is 3.15. The van der Waals surface area contributed by atoms with Crippen molar-refractivity contribution in [1.29, 1.82) is 0 Å². The van der Waals surface area contributed by atoms with Gasteiger partial charge in [-0.1, -0.05) is 29.8 Å². The number of hydrogen-bond acceptors (Lipinski definition) is 5. The third-order valence-electron chi connectivity index (χ3n) is 3.25. The van der Waals surface area contributed by atoms with Crippen LogP contribution in [0.5, 0.6) is 5.75 Å². The zero-order valence-electron chi connectivity index (χ0n) is 14.4. The first-order valence-corrected chi connectivity index (χ1v) is 9.61. The summed E-state index contributed by atoms with van der Waals surface area (Å²) in [5.41, 5.74) is 1.57. The molecule has 2 aromatic rings. The van der Waals surface area contributed by atoms with E-state index in [9.17, 15) is 9.59 Å². The van der Waals surface area contributed by atoms with Crippen LogP contribution in [0.15, 0.2) is 48.5 Å². The maximum absolute atomic E-state index is 11.8. The molecule has 0 aromatic heterocycles. The number of anilines is 1. The lowest BCUT2D eigenvalue weighted by Crippen LogP contribution is -2.21. The number of halogens is 1. The van der Waals surface area contributed by atoms with E-state index in [1.54, 1.807) is 30.3 Å². The number of carbonyl (C=O) groups excluding carboxylic acids is 2. The second-order valence-corrected chi connectivity index (χ2v) is 6.64. The Kier molecular flexibility index (Phi) is 8.31. The third kappa shape index (κ3) is 6.98. The second-order valence-electron chi connectivity index (χ2n) is 5.25. The van der Waals surface area contributed by atoms with Crippen LogP contribution in [0.1, 0.15) is 12.5 Å². The topological polar surface area (TPSA) is 64.6 Å². The highest BCUT2D eigenvalue weighted by Gasteiger charge is 2.09. The van der Waals surface area contributed by atoms with E-state index in [1.165, 1.54) is 11.8 Å². The zero-order valence-corrected chi connectivity index (χ0v) is 15.9. The lowest BCUT2D eigenvalue weighted by Gasteiger charge is -2.08. The summed E-state index contributed by atoms with van der Waals surface area (Å²) in [6.07, 6.45) is 0. The molecule has 2 aromatic carbocycles. The van der Waals surface area contributed by atoms with E-state index in [-0.39, 0.29) is 12.4 Å². The molecule has 0 bridgehead atoms. The number of hydrogen-bond donors (Lipinski definition) is 1. The molecule has 0 radical (unpaired) electrons. The molecule has 0 fully saturated rings. The van der Waals surface area contributed by atoms with Gasteiger partial charge in [0.1, 0.15) is 5.75 Å². The fraction of sp³-hybridized carbons (Fsp3) is 0.263. The van der Waals surface area contributed by atoms with Crippen LogP contribution in [0.25, 0.3) is 0 Å². The Labute approximate surface area is 162 Å². The highest BCUT2D eigenvalue weighted by molar-refractivity contribution is 7.99. The molecule has 0 unspecified atom stereocenters. The molecule has 138 valence electrons. The number of rotatable bonds is 9. The fourth-order valence-electron chi connectivity index (χ4n) is 2.05. The lowest BCUT2D eigenvalue weighted by molar-refractivity contribution is -0.144. The van der Waals surface area contributed by atoms with Crippen LogP contribution in [0, 0.1) is 0 Å². The van der Waals surface area contributed by atoms with Crippen molar-refractivity contribution in [3.63, 3.8) is 0 Å². The van der Waals surface area contributed by atoms with Crippen molar-refractivity contribution in [3.8, 4) is 5.75 Å². The van der Waals surface area contributed by atoms with Crippen molar-refractivity contribution in [2.75, 3.05) is 24.3 Å². The molecule has 7 heteroatoms. The number of carbonyl (C=O) groups is 2. The van der Waals surface area contributed by atoms with E-state index in [0.717, 1.165) is 11.3 Å². The van der Waals surface area contributed by atoms with Crippen LogP contribution in [0.2, 0.25) is 5.02 Å². The molecule has 1 N–H and O–H groups in total. The number of thioether (sulfide) groups is 1. The molecule has 0 saturated carbocycles. The number of esters is 1. The van der Waals surface area contributed by atoms with Crippen LogP contribution < -0.4 is 10.1 Å². The summed E-state index contributed by atoms with van der Waals surface area (Å²) in [5.74, 6) is 0.657. The quantitative estimate of drug-likeness (QED) is 0.648. The predicted molar refractivity (Wildman–Crippen MR) is 105 cm³/mol. The second kappa shape index (κ2) is 10.7. The molecule has 0 heterocycles. The van der Waals surface area contributed by atoms with Crippen LogP contribution in [0.3, 0.4) is 0 Å². The summed E-state index contributed by atoms with van der Waals surface area (Å²) in [7, 11) is 0. The Hall–Kier alpha value is -2.18. The van der Waals surface area contributed by atoms with Gasteiger partial charge in [-0.05, 0) is 42.8 Å². The Morgan fingerprint density at radius 2 is 1.85 bits per heavy atom. The number of amides is 1. The molecule has 0 aliphatic carbocycles. The van der Waals surface area contributed by atoms with E-state index in [1.807, 2.05) is 25.1 Å². The van der Waals surface area contributed by atoms with Gasteiger partial charge in [-0.25, -0.2) is 0 Å². The van der Waals surface area contributed by atoms with Crippen molar-refractivity contribution < 1.29 is 19.1 Å². The summed E-state index contributed by atoms with van der Waals surface area (Å²) < 4.78 is 10.3. The summed E-state index contributed by atoms with van der Waals surface area (Å²) in [5, 5.41) is 3.33. The lowest BCUT2D eigenvalue weighted by atomic mass is 10.2. The molecule has 0 aliphatic heterocycles. The van der Waals surface area contributed by atoms with Crippen molar-refractivity contribution in [2.45, 2.75) is 12.7 Å². The standard InChI is InChI=1S/C19H20ClNO4S/c1-2-24-16-9-7-15(8-10-16)21-18(22)11-25-19(23)13-26-12-14-5-3-4-6-17(14)20/h3-10H,2,11-13H2,1H3,(H,21,22). The molecule has 5 nitrogen and oxygen atoms in total. The van der Waals surface area contributed by atoms with Crippen molar-refractivity contribution >= 4 is 40.9 Å². The largest absolute Gasteiger partial charge is 0.494 e.